The Morgan fingerprint density at radius 1 is 1.12 bits per heavy atom. The average Bonchev–Trinajstić information content (AvgIpc) is 2.73. The van der Waals surface area contributed by atoms with E-state index >= 15 is 0 Å². The number of rotatable bonds is 8. The predicted octanol–water partition coefficient (Wildman–Crippen LogP) is -6.05. The van der Waals surface area contributed by atoms with E-state index in [0.717, 1.165) is 6.92 Å². The molecule has 0 aromatic heterocycles. The monoisotopic (exact) mass is 471 g/mol. The number of aliphatic carboxylic acids is 1. The van der Waals surface area contributed by atoms with E-state index in [2.05, 4.69) is 5.32 Å². The Hall–Kier alpha value is -1.50. The Morgan fingerprint density at radius 2 is 1.75 bits per heavy atom. The summed E-state index contributed by atoms with van der Waals surface area (Å²) in [6, 6.07) is -1.39. The minimum Gasteiger partial charge on any atom is -0.477 e. The van der Waals surface area contributed by atoms with Crippen molar-refractivity contribution in [2.75, 3.05) is 13.2 Å². The Bertz CT molecular complexity index is 665. The zero-order valence-corrected chi connectivity index (χ0v) is 17.0. The number of carbonyl (C=O) groups excluding carboxylic acids is 1. The van der Waals surface area contributed by atoms with Crippen LogP contribution in [0.2, 0.25) is 0 Å². The zero-order valence-electron chi connectivity index (χ0n) is 17.0. The van der Waals surface area contributed by atoms with Gasteiger partial charge in [-0.1, -0.05) is 0 Å². The molecule has 32 heavy (non-hydrogen) atoms. The van der Waals surface area contributed by atoms with E-state index in [1.54, 1.807) is 0 Å². The lowest BCUT2D eigenvalue weighted by Gasteiger charge is -2.47. The molecule has 2 aliphatic heterocycles. The summed E-state index contributed by atoms with van der Waals surface area (Å²) in [6.07, 6.45) is -16.9. The Kier molecular flexibility index (Phi) is 8.88. The van der Waals surface area contributed by atoms with E-state index in [9.17, 15) is 50.4 Å². The summed E-state index contributed by atoms with van der Waals surface area (Å²) in [6.45, 7) is -0.691. The van der Waals surface area contributed by atoms with Crippen LogP contribution in [0, 0.1) is 0 Å². The third-order valence-corrected chi connectivity index (χ3v) is 5.35. The van der Waals surface area contributed by atoms with Gasteiger partial charge in [0.25, 0.3) is 5.79 Å². The maximum atomic E-state index is 12.0. The van der Waals surface area contributed by atoms with Gasteiger partial charge in [0.15, 0.2) is 6.29 Å². The maximum absolute atomic E-state index is 12.0. The molecule has 186 valence electrons. The molecule has 2 rings (SSSR count). The number of carbonyl (C=O) groups is 2. The van der Waals surface area contributed by atoms with Crippen LogP contribution in [0.3, 0.4) is 0 Å². The van der Waals surface area contributed by atoms with Gasteiger partial charge in [0.1, 0.15) is 42.7 Å². The standard InChI is InChI=1S/C17H29NO14/c1-5(20)18-9-6(21)2-17(16(28)29,32-14(9)10(23)7(22)3-19)30-4-8-11(24)12(25)13(26)15(27)31-8/h6-15,19,21-27H,2-4H2,1H3,(H,18,20)(H,28,29)/t6-,7+,8+,9+,10+,11-,12-,13+,14+,15?,17+/m0/s1. The molecule has 0 spiro atoms. The molecule has 10 N–H and O–H groups in total. The van der Waals surface area contributed by atoms with Gasteiger partial charge in [-0.2, -0.15) is 0 Å². The van der Waals surface area contributed by atoms with E-state index < -0.39 is 98.5 Å². The van der Waals surface area contributed by atoms with Gasteiger partial charge in [-0.3, -0.25) is 4.79 Å². The van der Waals surface area contributed by atoms with E-state index in [1.807, 2.05) is 0 Å². The molecule has 0 bridgehead atoms. The summed E-state index contributed by atoms with van der Waals surface area (Å²) in [5.41, 5.74) is 0. The molecule has 0 aromatic carbocycles. The van der Waals surface area contributed by atoms with Gasteiger partial charge in [-0.05, 0) is 0 Å². The molecule has 2 heterocycles. The molecule has 2 aliphatic rings. The zero-order chi connectivity index (χ0) is 24.4. The molecule has 2 fully saturated rings. The van der Waals surface area contributed by atoms with E-state index in [0.29, 0.717) is 0 Å². The molecule has 15 nitrogen and oxygen atoms in total. The summed E-state index contributed by atoms with van der Waals surface area (Å²) >= 11 is 0. The predicted molar refractivity (Wildman–Crippen MR) is 97.4 cm³/mol. The lowest BCUT2D eigenvalue weighted by atomic mass is 9.88. The topological polar surface area (TPSA) is 256 Å². The summed E-state index contributed by atoms with van der Waals surface area (Å²) in [5.74, 6) is -5.15. The molecule has 1 unspecified atom stereocenters. The van der Waals surface area contributed by atoms with Crippen LogP contribution in [0.4, 0.5) is 0 Å². The third-order valence-electron chi connectivity index (χ3n) is 5.35. The summed E-state index contributed by atoms with van der Waals surface area (Å²) in [5, 5.41) is 90.6. The largest absolute Gasteiger partial charge is 0.477 e. The molecule has 0 saturated carbocycles. The smallest absolute Gasteiger partial charge is 0.364 e. The summed E-state index contributed by atoms with van der Waals surface area (Å²) in [7, 11) is 0. The van der Waals surface area contributed by atoms with Crippen LogP contribution in [0.5, 0.6) is 0 Å². The third kappa shape index (κ3) is 5.52. The van der Waals surface area contributed by atoms with Crippen molar-refractivity contribution < 1.29 is 69.8 Å². The summed E-state index contributed by atoms with van der Waals surface area (Å²) in [4.78, 5) is 23.5. The lowest BCUT2D eigenvalue weighted by Crippen LogP contribution is -2.68. The molecule has 0 aliphatic carbocycles. The Labute approximate surface area is 181 Å². The van der Waals surface area contributed by atoms with E-state index in [4.69, 9.17) is 19.3 Å². The van der Waals surface area contributed by atoms with Gasteiger partial charge in [0.05, 0.1) is 25.4 Å². The summed E-state index contributed by atoms with van der Waals surface area (Å²) < 4.78 is 15.5. The maximum Gasteiger partial charge on any atom is 0.364 e. The second kappa shape index (κ2) is 10.6. The SMILES string of the molecule is CC(=O)N[C@H]1[C@H]([C@H](O)[C@H](O)CO)O[C@@](OC[C@H]2OC(O)[C@H](O)[C@@H](O)[C@H]2O)(C(=O)O)C[C@@H]1O. The molecule has 1 amide bonds. The first kappa shape index (κ1) is 26.7. The van der Waals surface area contributed by atoms with Gasteiger partial charge >= 0.3 is 5.97 Å². The number of hydrogen-bond acceptors (Lipinski definition) is 13. The van der Waals surface area contributed by atoms with Crippen molar-refractivity contribution in [3.8, 4) is 0 Å². The number of aliphatic hydroxyl groups excluding tert-OH is 8. The van der Waals surface area contributed by atoms with Gasteiger partial charge in [0.2, 0.25) is 5.91 Å². The van der Waals surface area contributed by atoms with Crippen molar-refractivity contribution >= 4 is 11.9 Å². The highest BCUT2D eigenvalue weighted by Gasteiger charge is 2.56. The quantitative estimate of drug-likeness (QED) is 0.158. The molecular weight excluding hydrogens is 442 g/mol. The molecule has 2 saturated heterocycles. The van der Waals surface area contributed by atoms with Crippen molar-refractivity contribution in [2.24, 2.45) is 0 Å². The normalized spacial score (nSPS) is 42.2. The average molecular weight is 471 g/mol. The molecule has 0 radical (unpaired) electrons. The van der Waals surface area contributed by atoms with Gasteiger partial charge in [-0.15, -0.1) is 0 Å². The highest BCUT2D eigenvalue weighted by Crippen LogP contribution is 2.34. The van der Waals surface area contributed by atoms with Crippen molar-refractivity contribution in [1.82, 2.24) is 5.32 Å². The van der Waals surface area contributed by atoms with Crippen LogP contribution in [-0.2, 0) is 23.8 Å². The minimum absolute atomic E-state index is 0.669. The fraction of sp³-hybridized carbons (Fsp3) is 0.882. The number of hydrogen-bond donors (Lipinski definition) is 10. The van der Waals surface area contributed by atoms with Crippen molar-refractivity contribution in [2.45, 2.75) is 80.3 Å². The van der Waals surface area contributed by atoms with Crippen LogP contribution >= 0.6 is 0 Å². The molecule has 11 atom stereocenters. The van der Waals surface area contributed by atoms with Crippen molar-refractivity contribution in [3.63, 3.8) is 0 Å². The lowest BCUT2D eigenvalue weighted by molar-refractivity contribution is -0.334. The molecule has 15 heteroatoms. The first-order valence-corrected chi connectivity index (χ1v) is 9.69. The van der Waals surface area contributed by atoms with Crippen LogP contribution < -0.4 is 5.32 Å². The van der Waals surface area contributed by atoms with Crippen LogP contribution in [-0.4, -0.2) is 138 Å². The van der Waals surface area contributed by atoms with E-state index in [-0.39, 0.29) is 0 Å². The van der Waals surface area contributed by atoms with Gasteiger partial charge in [-0.25, -0.2) is 4.79 Å². The van der Waals surface area contributed by atoms with Crippen LogP contribution in [0.1, 0.15) is 13.3 Å². The second-order valence-corrected chi connectivity index (χ2v) is 7.73. The number of nitrogens with one attached hydrogen (secondary N) is 1. The molecule has 0 aromatic rings. The van der Waals surface area contributed by atoms with Crippen LogP contribution in [0.25, 0.3) is 0 Å². The number of carboxylic acids is 1. The van der Waals surface area contributed by atoms with Crippen molar-refractivity contribution in [3.05, 3.63) is 0 Å². The van der Waals surface area contributed by atoms with Gasteiger partial charge in [0, 0.05) is 13.3 Å². The minimum atomic E-state index is -2.69. The van der Waals surface area contributed by atoms with Gasteiger partial charge < -0.3 is 65.5 Å². The fourth-order valence-corrected chi connectivity index (χ4v) is 3.56. The van der Waals surface area contributed by atoms with Crippen LogP contribution in [0.15, 0.2) is 0 Å². The number of carboxylic acid groups (broad SMARTS) is 1. The Balaban J connectivity index is 2.27. The number of ether oxygens (including phenoxy) is 3. The van der Waals surface area contributed by atoms with E-state index in [1.165, 1.54) is 0 Å². The second-order valence-electron chi connectivity index (χ2n) is 7.73. The Morgan fingerprint density at radius 3 is 2.28 bits per heavy atom. The highest BCUT2D eigenvalue weighted by atomic mass is 16.7. The first-order chi connectivity index (χ1) is 14.8. The first-order valence-electron chi connectivity index (χ1n) is 9.69. The number of aliphatic hydroxyl groups is 8. The van der Waals surface area contributed by atoms with Crippen molar-refractivity contribution in [1.29, 1.82) is 0 Å². The highest BCUT2D eigenvalue weighted by molar-refractivity contribution is 5.76. The number of amides is 1. The molecular formula is C17H29NO14. The fourth-order valence-electron chi connectivity index (χ4n) is 3.56.